The topological polar surface area (TPSA) is 85.4 Å². The summed E-state index contributed by atoms with van der Waals surface area (Å²) in [6.45, 7) is 0.560. The fraction of sp³-hybridized carbons (Fsp3) is 0.190. The van der Waals surface area contributed by atoms with Gasteiger partial charge in [-0.1, -0.05) is 24.3 Å². The number of ether oxygens (including phenoxy) is 2. The zero-order valence-corrected chi connectivity index (χ0v) is 16.1. The van der Waals surface area contributed by atoms with E-state index in [-0.39, 0.29) is 23.8 Å². The number of benzene rings is 2. The maximum absolute atomic E-state index is 13.6. The lowest BCUT2D eigenvalue weighted by Gasteiger charge is -2.10. The number of nitrogens with zero attached hydrogens (tertiary/aromatic N) is 2. The second kappa shape index (κ2) is 9.50. The number of hydrogen-bond donors (Lipinski definition) is 2. The highest BCUT2D eigenvalue weighted by Crippen LogP contribution is 2.27. The Hall–Kier alpha value is -3.68. The minimum absolute atomic E-state index is 0.0881. The van der Waals surface area contributed by atoms with Gasteiger partial charge in [0.15, 0.2) is 11.5 Å². The second-order valence-electron chi connectivity index (χ2n) is 6.11. The first-order chi connectivity index (χ1) is 14.1. The molecule has 0 aliphatic heterocycles. The molecule has 1 aromatic heterocycles. The molecule has 0 aliphatic rings. The maximum Gasteiger partial charge on any atom is 0.254 e. The molecule has 0 unspecified atom stereocenters. The van der Waals surface area contributed by atoms with Crippen molar-refractivity contribution in [2.45, 2.75) is 13.1 Å². The van der Waals surface area contributed by atoms with E-state index in [4.69, 9.17) is 9.47 Å². The van der Waals surface area contributed by atoms with Gasteiger partial charge in [-0.2, -0.15) is 0 Å². The molecule has 0 spiro atoms. The van der Waals surface area contributed by atoms with Crippen LogP contribution in [-0.4, -0.2) is 30.1 Å². The monoisotopic (exact) mass is 396 g/mol. The first-order valence-corrected chi connectivity index (χ1v) is 8.89. The zero-order chi connectivity index (χ0) is 20.6. The van der Waals surface area contributed by atoms with Crippen molar-refractivity contribution in [2.75, 3.05) is 19.5 Å². The summed E-state index contributed by atoms with van der Waals surface area (Å²) >= 11 is 0. The van der Waals surface area contributed by atoms with Crippen molar-refractivity contribution in [3.8, 4) is 11.5 Å². The van der Waals surface area contributed by atoms with Crippen molar-refractivity contribution < 1.29 is 18.7 Å². The van der Waals surface area contributed by atoms with Crippen molar-refractivity contribution in [1.82, 2.24) is 15.3 Å². The second-order valence-corrected chi connectivity index (χ2v) is 6.11. The van der Waals surface area contributed by atoms with E-state index >= 15 is 0 Å². The smallest absolute Gasteiger partial charge is 0.254 e. The number of halogens is 1. The first kappa shape index (κ1) is 20.1. The molecule has 0 bridgehead atoms. The molecular weight excluding hydrogens is 375 g/mol. The number of carbonyl (C=O) groups excluding carboxylic acids is 1. The SMILES string of the molecule is COc1ccc(CNc2ncc(C(=O)NCc3ccccc3F)cn2)cc1OC. The summed E-state index contributed by atoms with van der Waals surface area (Å²) in [7, 11) is 3.16. The van der Waals surface area contributed by atoms with Crippen molar-refractivity contribution in [1.29, 1.82) is 0 Å². The maximum atomic E-state index is 13.6. The third-order valence-electron chi connectivity index (χ3n) is 4.21. The molecule has 3 rings (SSSR count). The van der Waals surface area contributed by atoms with Crippen LogP contribution >= 0.6 is 0 Å². The molecule has 0 saturated heterocycles. The summed E-state index contributed by atoms with van der Waals surface area (Å²) in [6, 6.07) is 11.9. The van der Waals surface area contributed by atoms with Crippen LogP contribution in [0.4, 0.5) is 10.3 Å². The van der Waals surface area contributed by atoms with Gasteiger partial charge >= 0.3 is 0 Å². The standard InChI is InChI=1S/C21H21FN4O3/c1-28-18-8-7-14(9-19(18)29-2)10-24-21-25-12-16(13-26-21)20(27)23-11-15-5-3-4-6-17(15)22/h3-9,12-13H,10-11H2,1-2H3,(H,23,27)(H,24,25,26). The van der Waals surface area contributed by atoms with Gasteiger partial charge < -0.3 is 20.1 Å². The summed E-state index contributed by atoms with van der Waals surface area (Å²) in [5, 5.41) is 5.73. The van der Waals surface area contributed by atoms with Gasteiger partial charge in [0.25, 0.3) is 5.91 Å². The molecular formula is C21H21FN4O3. The Balaban J connectivity index is 1.56. The summed E-state index contributed by atoms with van der Waals surface area (Å²) in [5.41, 5.74) is 1.66. The van der Waals surface area contributed by atoms with Gasteiger partial charge in [-0.3, -0.25) is 4.79 Å². The van der Waals surface area contributed by atoms with Gasteiger partial charge in [0.1, 0.15) is 5.82 Å². The van der Waals surface area contributed by atoms with Gasteiger partial charge in [0.2, 0.25) is 5.95 Å². The fourth-order valence-corrected chi connectivity index (χ4v) is 2.63. The highest BCUT2D eigenvalue weighted by molar-refractivity contribution is 5.93. The quantitative estimate of drug-likeness (QED) is 0.608. The molecule has 0 fully saturated rings. The van der Waals surface area contributed by atoms with E-state index in [1.54, 1.807) is 32.4 Å². The normalized spacial score (nSPS) is 10.3. The molecule has 0 saturated carbocycles. The molecule has 0 atom stereocenters. The van der Waals surface area contributed by atoms with Gasteiger partial charge in [-0.15, -0.1) is 0 Å². The Bertz CT molecular complexity index is 980. The van der Waals surface area contributed by atoms with Crippen LogP contribution in [0.5, 0.6) is 11.5 Å². The van der Waals surface area contributed by atoms with E-state index in [0.717, 1.165) is 5.56 Å². The minimum Gasteiger partial charge on any atom is -0.493 e. The summed E-state index contributed by atoms with van der Waals surface area (Å²) < 4.78 is 24.1. The highest BCUT2D eigenvalue weighted by atomic mass is 19.1. The Labute approximate surface area is 167 Å². The minimum atomic E-state index is -0.375. The Kier molecular flexibility index (Phi) is 6.57. The van der Waals surface area contributed by atoms with Crippen LogP contribution in [0.3, 0.4) is 0 Å². The number of amides is 1. The highest BCUT2D eigenvalue weighted by Gasteiger charge is 2.09. The molecule has 3 aromatic rings. The molecule has 2 N–H and O–H groups in total. The molecule has 2 aromatic carbocycles. The van der Waals surface area contributed by atoms with E-state index in [1.165, 1.54) is 18.5 Å². The molecule has 29 heavy (non-hydrogen) atoms. The van der Waals surface area contributed by atoms with Crippen molar-refractivity contribution in [3.05, 3.63) is 77.4 Å². The summed E-state index contributed by atoms with van der Waals surface area (Å²) in [6.07, 6.45) is 2.83. The number of nitrogens with one attached hydrogen (secondary N) is 2. The van der Waals surface area contributed by atoms with Gasteiger partial charge in [0.05, 0.1) is 19.8 Å². The number of rotatable bonds is 8. The average molecular weight is 396 g/mol. The third-order valence-corrected chi connectivity index (χ3v) is 4.21. The zero-order valence-electron chi connectivity index (χ0n) is 16.1. The van der Waals surface area contributed by atoms with Crippen molar-refractivity contribution in [2.24, 2.45) is 0 Å². The van der Waals surface area contributed by atoms with Crippen LogP contribution < -0.4 is 20.1 Å². The van der Waals surface area contributed by atoms with E-state index in [9.17, 15) is 9.18 Å². The van der Waals surface area contributed by atoms with Crippen molar-refractivity contribution in [3.63, 3.8) is 0 Å². The molecule has 1 heterocycles. The first-order valence-electron chi connectivity index (χ1n) is 8.89. The Morgan fingerprint density at radius 1 is 1.00 bits per heavy atom. The van der Waals surface area contributed by atoms with Crippen LogP contribution in [0.25, 0.3) is 0 Å². The molecule has 8 heteroatoms. The van der Waals surface area contributed by atoms with Crippen LogP contribution in [0, 0.1) is 5.82 Å². The Morgan fingerprint density at radius 3 is 2.41 bits per heavy atom. The molecule has 150 valence electrons. The van der Waals surface area contributed by atoms with E-state index < -0.39 is 0 Å². The van der Waals surface area contributed by atoms with Crippen LogP contribution in [-0.2, 0) is 13.1 Å². The predicted molar refractivity (Wildman–Crippen MR) is 106 cm³/mol. The van der Waals surface area contributed by atoms with Crippen LogP contribution in [0.15, 0.2) is 54.9 Å². The third kappa shape index (κ3) is 5.19. The average Bonchev–Trinajstić information content (AvgIpc) is 2.77. The predicted octanol–water partition coefficient (Wildman–Crippen LogP) is 3.18. The Morgan fingerprint density at radius 2 is 1.72 bits per heavy atom. The number of methoxy groups -OCH3 is 2. The lowest BCUT2D eigenvalue weighted by atomic mass is 10.2. The number of hydrogen-bond acceptors (Lipinski definition) is 6. The van der Waals surface area contributed by atoms with Crippen molar-refractivity contribution >= 4 is 11.9 Å². The number of carbonyl (C=O) groups is 1. The van der Waals surface area contributed by atoms with E-state index in [1.807, 2.05) is 18.2 Å². The molecule has 1 amide bonds. The van der Waals surface area contributed by atoms with Gasteiger partial charge in [-0.25, -0.2) is 14.4 Å². The molecule has 7 nitrogen and oxygen atoms in total. The van der Waals surface area contributed by atoms with Crippen LogP contribution in [0.2, 0.25) is 0 Å². The van der Waals surface area contributed by atoms with Crippen LogP contribution in [0.1, 0.15) is 21.5 Å². The lowest BCUT2D eigenvalue weighted by Crippen LogP contribution is -2.23. The molecule has 0 aliphatic carbocycles. The van der Waals surface area contributed by atoms with Gasteiger partial charge in [-0.05, 0) is 23.8 Å². The van der Waals surface area contributed by atoms with E-state index in [2.05, 4.69) is 20.6 Å². The number of aromatic nitrogens is 2. The van der Waals surface area contributed by atoms with E-state index in [0.29, 0.717) is 29.6 Å². The number of anilines is 1. The fourth-order valence-electron chi connectivity index (χ4n) is 2.63. The molecule has 0 radical (unpaired) electrons. The van der Waals surface area contributed by atoms with Gasteiger partial charge in [0, 0.05) is 31.0 Å². The largest absolute Gasteiger partial charge is 0.493 e. The summed E-state index contributed by atoms with van der Waals surface area (Å²) in [4.78, 5) is 20.5. The lowest BCUT2D eigenvalue weighted by molar-refractivity contribution is 0.0950. The summed E-state index contributed by atoms with van der Waals surface area (Å²) in [5.74, 6) is 0.928.